The maximum atomic E-state index is 10.0. The van der Waals surface area contributed by atoms with E-state index in [1.165, 1.54) is 5.69 Å². The highest BCUT2D eigenvalue weighted by Gasteiger charge is 2.23. The van der Waals surface area contributed by atoms with Gasteiger partial charge >= 0.3 is 0 Å². The second kappa shape index (κ2) is 10.8. The van der Waals surface area contributed by atoms with Crippen molar-refractivity contribution in [3.63, 3.8) is 0 Å². The molecule has 0 saturated carbocycles. The van der Waals surface area contributed by atoms with Gasteiger partial charge in [0.15, 0.2) is 5.96 Å². The molecule has 1 aliphatic rings. The zero-order chi connectivity index (χ0) is 19.2. The Bertz CT molecular complexity index is 801. The lowest BCUT2D eigenvalue weighted by molar-refractivity contribution is 0.410. The van der Waals surface area contributed by atoms with Crippen LogP contribution in [0.3, 0.4) is 0 Å². The van der Waals surface area contributed by atoms with Crippen molar-refractivity contribution in [2.75, 3.05) is 32.1 Å². The molecule has 2 aromatic carbocycles. The number of anilines is 1. The summed E-state index contributed by atoms with van der Waals surface area (Å²) in [6.45, 7) is 2.39. The van der Waals surface area contributed by atoms with Crippen LogP contribution in [0.1, 0.15) is 12.0 Å². The summed E-state index contributed by atoms with van der Waals surface area (Å²) in [5.74, 6) is 1.68. The first-order valence-corrected chi connectivity index (χ1v) is 9.72. The molecule has 1 aliphatic heterocycles. The molecule has 0 amide bonds. The maximum Gasteiger partial charge on any atom is 0.191 e. The summed E-state index contributed by atoms with van der Waals surface area (Å²) < 4.78 is 6.31. The molecule has 8 heteroatoms. The number of guanidine groups is 1. The van der Waals surface area contributed by atoms with Gasteiger partial charge in [-0.15, -0.1) is 24.0 Å². The van der Waals surface area contributed by atoms with Gasteiger partial charge in [0.1, 0.15) is 11.5 Å². The van der Waals surface area contributed by atoms with Crippen molar-refractivity contribution in [2.24, 2.45) is 4.99 Å². The largest absolute Gasteiger partial charge is 0.508 e. The molecule has 2 aromatic rings. The number of hydrogen-bond donors (Lipinski definition) is 3. The van der Waals surface area contributed by atoms with Crippen LogP contribution in [0.15, 0.2) is 51.9 Å². The molecule has 1 heterocycles. The van der Waals surface area contributed by atoms with E-state index in [1.54, 1.807) is 26.3 Å². The van der Waals surface area contributed by atoms with Crippen LogP contribution in [0.5, 0.6) is 11.5 Å². The molecule has 1 atom stereocenters. The first-order chi connectivity index (χ1) is 13.1. The average molecular weight is 561 g/mol. The van der Waals surface area contributed by atoms with E-state index in [2.05, 4.69) is 60.7 Å². The quantitative estimate of drug-likeness (QED) is 0.295. The smallest absolute Gasteiger partial charge is 0.191 e. The molecule has 152 valence electrons. The summed E-state index contributed by atoms with van der Waals surface area (Å²) in [6, 6.07) is 13.9. The molecule has 3 N–H and O–H groups in total. The second-order valence-corrected chi connectivity index (χ2v) is 7.39. The lowest BCUT2D eigenvalue weighted by Gasteiger charge is -2.20. The Kier molecular flexibility index (Phi) is 8.68. The fraction of sp³-hybridized carbons (Fsp3) is 0.350. The van der Waals surface area contributed by atoms with Gasteiger partial charge in [0.2, 0.25) is 0 Å². The molecule has 1 unspecified atom stereocenters. The number of aliphatic imine (C=N–C) groups is 1. The number of ether oxygens (including phenoxy) is 1. The zero-order valence-corrected chi connectivity index (χ0v) is 19.9. The molecule has 0 bridgehead atoms. The van der Waals surface area contributed by atoms with Crippen LogP contribution in [-0.4, -0.2) is 44.4 Å². The van der Waals surface area contributed by atoms with Gasteiger partial charge in [0.25, 0.3) is 0 Å². The summed E-state index contributed by atoms with van der Waals surface area (Å²) in [7, 11) is 3.36. The van der Waals surface area contributed by atoms with Crippen LogP contribution in [0, 0.1) is 0 Å². The van der Waals surface area contributed by atoms with Crippen molar-refractivity contribution in [1.29, 1.82) is 0 Å². The van der Waals surface area contributed by atoms with Crippen LogP contribution < -0.4 is 20.3 Å². The zero-order valence-electron chi connectivity index (χ0n) is 16.0. The molecule has 0 aromatic heterocycles. The lowest BCUT2D eigenvalue weighted by Crippen LogP contribution is -2.44. The topological polar surface area (TPSA) is 69.1 Å². The van der Waals surface area contributed by atoms with E-state index in [0.717, 1.165) is 35.5 Å². The lowest BCUT2D eigenvalue weighted by atomic mass is 10.2. The number of methoxy groups -OCH3 is 1. The Morgan fingerprint density at radius 1 is 1.29 bits per heavy atom. The van der Waals surface area contributed by atoms with Gasteiger partial charge in [-0.2, -0.15) is 0 Å². The van der Waals surface area contributed by atoms with E-state index in [0.29, 0.717) is 18.3 Å². The average Bonchev–Trinajstić information content (AvgIpc) is 3.15. The fourth-order valence-electron chi connectivity index (χ4n) is 3.16. The normalized spacial score (nSPS) is 16.5. The van der Waals surface area contributed by atoms with Gasteiger partial charge in [-0.3, -0.25) is 4.99 Å². The monoisotopic (exact) mass is 560 g/mol. The van der Waals surface area contributed by atoms with Crippen molar-refractivity contribution in [3.05, 3.63) is 52.5 Å². The summed E-state index contributed by atoms with van der Waals surface area (Å²) in [5, 5.41) is 16.8. The number of phenolic OH excluding ortho intramolecular Hbond substituents is 1. The third kappa shape index (κ3) is 5.91. The third-order valence-electron chi connectivity index (χ3n) is 4.68. The van der Waals surface area contributed by atoms with Crippen LogP contribution in [0.4, 0.5) is 5.69 Å². The van der Waals surface area contributed by atoms with Crippen molar-refractivity contribution in [3.8, 4) is 11.5 Å². The maximum absolute atomic E-state index is 10.0. The number of halogens is 2. The number of benzene rings is 2. The van der Waals surface area contributed by atoms with Crippen LogP contribution in [0.25, 0.3) is 0 Å². The highest BCUT2D eigenvalue weighted by Crippen LogP contribution is 2.23. The minimum absolute atomic E-state index is 0. The van der Waals surface area contributed by atoms with Crippen molar-refractivity contribution in [2.45, 2.75) is 19.0 Å². The van der Waals surface area contributed by atoms with Gasteiger partial charge in [0, 0.05) is 48.4 Å². The van der Waals surface area contributed by atoms with Gasteiger partial charge in [0.05, 0.1) is 7.11 Å². The molecule has 3 rings (SSSR count). The van der Waals surface area contributed by atoms with E-state index >= 15 is 0 Å². The van der Waals surface area contributed by atoms with E-state index in [1.807, 2.05) is 6.07 Å². The number of hydrogen-bond acceptors (Lipinski definition) is 4. The Hall–Kier alpha value is -1.68. The van der Waals surface area contributed by atoms with E-state index in [4.69, 9.17) is 4.74 Å². The number of aromatic hydroxyl groups is 1. The number of phenols is 1. The Morgan fingerprint density at radius 3 is 2.71 bits per heavy atom. The van der Waals surface area contributed by atoms with Crippen molar-refractivity contribution >= 4 is 51.6 Å². The molecular formula is C20H26BrIN4O2. The molecule has 28 heavy (non-hydrogen) atoms. The molecular weight excluding hydrogens is 535 g/mol. The number of nitrogens with zero attached hydrogens (tertiary/aromatic N) is 2. The van der Waals surface area contributed by atoms with Crippen LogP contribution in [-0.2, 0) is 6.54 Å². The third-order valence-corrected chi connectivity index (χ3v) is 5.21. The predicted molar refractivity (Wildman–Crippen MR) is 128 cm³/mol. The molecule has 1 fully saturated rings. The summed E-state index contributed by atoms with van der Waals surface area (Å²) >= 11 is 3.48. The van der Waals surface area contributed by atoms with E-state index in [-0.39, 0.29) is 29.7 Å². The Labute approximate surface area is 191 Å². The predicted octanol–water partition coefficient (Wildman–Crippen LogP) is 3.73. The Balaban J connectivity index is 0.00000280. The van der Waals surface area contributed by atoms with Gasteiger partial charge in [-0.25, -0.2) is 0 Å². The van der Waals surface area contributed by atoms with Crippen molar-refractivity contribution in [1.82, 2.24) is 10.6 Å². The number of rotatable bonds is 5. The van der Waals surface area contributed by atoms with Gasteiger partial charge < -0.3 is 25.4 Å². The molecule has 0 aliphatic carbocycles. The summed E-state index contributed by atoms with van der Waals surface area (Å²) in [6.07, 6.45) is 1.04. The standard InChI is InChI=1S/C20H25BrN4O2.HI/c1-22-20(23-12-14-11-18(27-2)7-8-19(14)26)24-16-9-10-25(13-16)17-5-3-15(21)4-6-17;/h3-8,11,16,26H,9-10,12-13H2,1-2H3,(H2,22,23,24);1H. The first-order valence-electron chi connectivity index (χ1n) is 8.92. The number of nitrogens with one attached hydrogen (secondary N) is 2. The molecule has 6 nitrogen and oxygen atoms in total. The summed E-state index contributed by atoms with van der Waals surface area (Å²) in [5.41, 5.74) is 1.99. The highest BCUT2D eigenvalue weighted by molar-refractivity contribution is 14.0. The molecule has 1 saturated heterocycles. The molecule has 0 spiro atoms. The SMILES string of the molecule is CN=C(NCc1cc(OC)ccc1O)NC1CCN(c2ccc(Br)cc2)C1.I. The van der Waals surface area contributed by atoms with Crippen LogP contribution >= 0.6 is 39.9 Å². The van der Waals surface area contributed by atoms with Gasteiger partial charge in [-0.05, 0) is 48.9 Å². The van der Waals surface area contributed by atoms with E-state index < -0.39 is 0 Å². The van der Waals surface area contributed by atoms with Crippen LogP contribution in [0.2, 0.25) is 0 Å². The fourth-order valence-corrected chi connectivity index (χ4v) is 3.43. The second-order valence-electron chi connectivity index (χ2n) is 6.47. The molecule has 0 radical (unpaired) electrons. The minimum Gasteiger partial charge on any atom is -0.508 e. The van der Waals surface area contributed by atoms with Crippen molar-refractivity contribution < 1.29 is 9.84 Å². The Morgan fingerprint density at radius 2 is 2.04 bits per heavy atom. The van der Waals surface area contributed by atoms with Gasteiger partial charge in [-0.1, -0.05) is 15.9 Å². The summed E-state index contributed by atoms with van der Waals surface area (Å²) in [4.78, 5) is 6.67. The first kappa shape index (κ1) is 22.6. The minimum atomic E-state index is 0. The van der Waals surface area contributed by atoms with E-state index in [9.17, 15) is 5.11 Å². The highest BCUT2D eigenvalue weighted by atomic mass is 127.